The van der Waals surface area contributed by atoms with E-state index in [1.54, 1.807) is 0 Å². The van der Waals surface area contributed by atoms with E-state index in [4.69, 9.17) is 17.0 Å². The number of benzene rings is 2. The third kappa shape index (κ3) is 5.33. The normalized spacial score (nSPS) is 10.9. The molecule has 0 N–H and O–H groups in total. The maximum atomic E-state index is 5.77. The second-order valence-electron chi connectivity index (χ2n) is 5.53. The minimum Gasteiger partial charge on any atom is -0.493 e. The lowest BCUT2D eigenvalue weighted by Gasteiger charge is -2.08. The fourth-order valence-corrected chi connectivity index (χ4v) is 2.55. The molecular formula is C21H24OS. The summed E-state index contributed by atoms with van der Waals surface area (Å²) in [4.78, 5) is 0.846. The Labute approximate surface area is 145 Å². The van der Waals surface area contributed by atoms with Crippen molar-refractivity contribution in [1.82, 2.24) is 0 Å². The first kappa shape index (κ1) is 17.4. The van der Waals surface area contributed by atoms with Crippen molar-refractivity contribution in [2.75, 3.05) is 6.61 Å². The van der Waals surface area contributed by atoms with E-state index >= 15 is 0 Å². The summed E-state index contributed by atoms with van der Waals surface area (Å²) in [6, 6.07) is 16.6. The van der Waals surface area contributed by atoms with E-state index in [0.717, 1.165) is 47.6 Å². The molecule has 0 bridgehead atoms. The lowest BCUT2D eigenvalue weighted by Crippen LogP contribution is -1.97. The van der Waals surface area contributed by atoms with Gasteiger partial charge in [-0.3, -0.25) is 0 Å². The Morgan fingerprint density at radius 3 is 2.43 bits per heavy atom. The van der Waals surface area contributed by atoms with Crippen LogP contribution in [0.1, 0.15) is 43.4 Å². The van der Waals surface area contributed by atoms with Crippen LogP contribution >= 0.6 is 12.2 Å². The van der Waals surface area contributed by atoms with Crippen LogP contribution in [0.3, 0.4) is 0 Å². The molecule has 0 spiro atoms. The van der Waals surface area contributed by atoms with Gasteiger partial charge in [0.15, 0.2) is 0 Å². The monoisotopic (exact) mass is 324 g/mol. The number of ether oxygens (including phenoxy) is 1. The van der Waals surface area contributed by atoms with Crippen molar-refractivity contribution in [3.8, 4) is 5.75 Å². The van der Waals surface area contributed by atoms with Gasteiger partial charge in [-0.25, -0.2) is 0 Å². The van der Waals surface area contributed by atoms with Crippen LogP contribution in [0.4, 0.5) is 0 Å². The first-order valence-corrected chi connectivity index (χ1v) is 8.68. The minimum atomic E-state index is 0.730. The van der Waals surface area contributed by atoms with Crippen LogP contribution in [0.25, 0.3) is 6.08 Å². The van der Waals surface area contributed by atoms with Gasteiger partial charge >= 0.3 is 0 Å². The zero-order valence-corrected chi connectivity index (χ0v) is 14.7. The summed E-state index contributed by atoms with van der Waals surface area (Å²) < 4.78 is 5.77. The van der Waals surface area contributed by atoms with Gasteiger partial charge in [-0.05, 0) is 42.2 Å². The molecule has 0 unspecified atom stereocenters. The van der Waals surface area contributed by atoms with Crippen molar-refractivity contribution in [3.63, 3.8) is 0 Å². The fraction of sp³-hybridized carbons (Fsp3) is 0.286. The topological polar surface area (TPSA) is 9.23 Å². The van der Waals surface area contributed by atoms with E-state index in [0.29, 0.717) is 0 Å². The Bertz CT molecular complexity index is 656. The third-order valence-corrected chi connectivity index (χ3v) is 3.94. The highest BCUT2D eigenvalue weighted by molar-refractivity contribution is 7.81. The fourth-order valence-electron chi connectivity index (χ4n) is 2.35. The zero-order chi connectivity index (χ0) is 16.5. The van der Waals surface area contributed by atoms with E-state index < -0.39 is 0 Å². The van der Waals surface area contributed by atoms with Crippen molar-refractivity contribution in [2.45, 2.75) is 33.1 Å². The second kappa shape index (κ2) is 9.26. The zero-order valence-electron chi connectivity index (χ0n) is 13.9. The molecule has 2 aromatic carbocycles. The predicted octanol–water partition coefficient (Wildman–Crippen LogP) is 5.86. The predicted molar refractivity (Wildman–Crippen MR) is 103 cm³/mol. The molecule has 120 valence electrons. The standard InChI is InChI=1S/C21H24OS/c1-3-7-17-10-12-19(13-11-17)21(23)15-14-18-8-5-6-9-20(18)22-16-4-2/h5-6,8-15H,3-4,7,16H2,1-2H3. The maximum Gasteiger partial charge on any atom is 0.126 e. The highest BCUT2D eigenvalue weighted by Crippen LogP contribution is 2.20. The van der Waals surface area contributed by atoms with Gasteiger partial charge in [0.2, 0.25) is 0 Å². The van der Waals surface area contributed by atoms with Crippen molar-refractivity contribution in [1.29, 1.82) is 0 Å². The number of aryl methyl sites for hydroxylation is 1. The molecule has 23 heavy (non-hydrogen) atoms. The molecule has 2 rings (SSSR count). The van der Waals surface area contributed by atoms with Crippen molar-refractivity contribution in [3.05, 3.63) is 71.3 Å². The molecule has 2 heteroatoms. The quantitative estimate of drug-likeness (QED) is 0.342. The maximum absolute atomic E-state index is 5.77. The van der Waals surface area contributed by atoms with Crippen LogP contribution in [-0.2, 0) is 6.42 Å². The van der Waals surface area contributed by atoms with Gasteiger partial charge in [0, 0.05) is 10.4 Å². The molecule has 0 aliphatic heterocycles. The molecule has 0 saturated heterocycles. The lowest BCUT2D eigenvalue weighted by atomic mass is 10.1. The average Bonchev–Trinajstić information content (AvgIpc) is 2.59. The van der Waals surface area contributed by atoms with E-state index in [2.05, 4.69) is 44.2 Å². The molecule has 0 aliphatic carbocycles. The van der Waals surface area contributed by atoms with Gasteiger partial charge in [0.1, 0.15) is 5.75 Å². The van der Waals surface area contributed by atoms with Crippen LogP contribution < -0.4 is 4.74 Å². The van der Waals surface area contributed by atoms with Crippen LogP contribution in [0.15, 0.2) is 54.6 Å². The van der Waals surface area contributed by atoms with Gasteiger partial charge in [0.25, 0.3) is 0 Å². The molecule has 0 aliphatic rings. The van der Waals surface area contributed by atoms with Crippen molar-refractivity contribution >= 4 is 23.2 Å². The first-order chi connectivity index (χ1) is 11.2. The average molecular weight is 324 g/mol. The Balaban J connectivity index is 2.08. The summed E-state index contributed by atoms with van der Waals surface area (Å²) in [7, 11) is 0. The third-order valence-electron chi connectivity index (χ3n) is 3.57. The van der Waals surface area contributed by atoms with Gasteiger partial charge in [-0.1, -0.05) is 75.0 Å². The number of thiocarbonyl (C=S) groups is 1. The largest absolute Gasteiger partial charge is 0.493 e. The number of para-hydroxylation sites is 1. The first-order valence-electron chi connectivity index (χ1n) is 8.27. The summed E-state index contributed by atoms with van der Waals surface area (Å²) >= 11 is 5.53. The molecule has 0 saturated carbocycles. The number of hydrogen-bond acceptors (Lipinski definition) is 2. The van der Waals surface area contributed by atoms with E-state index in [-0.39, 0.29) is 0 Å². The molecule has 0 heterocycles. The molecule has 1 nitrogen and oxygen atoms in total. The summed E-state index contributed by atoms with van der Waals surface area (Å²) in [6.45, 7) is 5.03. The van der Waals surface area contributed by atoms with Crippen LogP contribution in [0, 0.1) is 0 Å². The SMILES string of the molecule is CCCOc1ccccc1C=CC(=S)c1ccc(CCC)cc1. The molecule has 0 amide bonds. The van der Waals surface area contributed by atoms with Gasteiger partial charge < -0.3 is 4.74 Å². The Morgan fingerprint density at radius 2 is 1.74 bits per heavy atom. The number of rotatable bonds is 8. The molecule has 0 radical (unpaired) electrons. The summed E-state index contributed by atoms with van der Waals surface area (Å²) in [6.07, 6.45) is 7.30. The number of hydrogen-bond donors (Lipinski definition) is 0. The Hall–Kier alpha value is -1.93. The molecule has 0 fully saturated rings. The second-order valence-corrected chi connectivity index (χ2v) is 5.97. The van der Waals surface area contributed by atoms with E-state index in [9.17, 15) is 0 Å². The molecular weight excluding hydrogens is 300 g/mol. The minimum absolute atomic E-state index is 0.730. The molecule has 0 atom stereocenters. The molecule has 0 aromatic heterocycles. The Kier molecular flexibility index (Phi) is 7.02. The number of allylic oxidation sites excluding steroid dienone is 1. The highest BCUT2D eigenvalue weighted by Gasteiger charge is 2.01. The smallest absolute Gasteiger partial charge is 0.126 e. The van der Waals surface area contributed by atoms with E-state index in [1.807, 2.05) is 30.4 Å². The highest BCUT2D eigenvalue weighted by atomic mass is 32.1. The lowest BCUT2D eigenvalue weighted by molar-refractivity contribution is 0.317. The molecule has 2 aromatic rings. The van der Waals surface area contributed by atoms with Gasteiger partial charge in [-0.2, -0.15) is 0 Å². The summed E-state index contributed by atoms with van der Waals surface area (Å²) in [5, 5.41) is 0. The summed E-state index contributed by atoms with van der Waals surface area (Å²) in [5.41, 5.74) is 3.51. The summed E-state index contributed by atoms with van der Waals surface area (Å²) in [5.74, 6) is 0.909. The van der Waals surface area contributed by atoms with Crippen molar-refractivity contribution in [2.24, 2.45) is 0 Å². The van der Waals surface area contributed by atoms with Crippen LogP contribution in [-0.4, -0.2) is 11.5 Å². The Morgan fingerprint density at radius 1 is 1.00 bits per heavy atom. The van der Waals surface area contributed by atoms with Crippen molar-refractivity contribution < 1.29 is 4.74 Å². The van der Waals surface area contributed by atoms with Crippen LogP contribution in [0.5, 0.6) is 5.75 Å². The van der Waals surface area contributed by atoms with Crippen LogP contribution in [0.2, 0.25) is 0 Å². The van der Waals surface area contributed by atoms with Gasteiger partial charge in [0.05, 0.1) is 6.61 Å². The van der Waals surface area contributed by atoms with E-state index in [1.165, 1.54) is 5.56 Å². The van der Waals surface area contributed by atoms with Gasteiger partial charge in [-0.15, -0.1) is 0 Å².